The molecule has 0 unspecified atom stereocenters. The van der Waals surface area contributed by atoms with Gasteiger partial charge in [-0.05, 0) is 12.0 Å². The Morgan fingerprint density at radius 2 is 1.95 bits per heavy atom. The molecule has 102 valence electrons. The zero-order valence-electron chi connectivity index (χ0n) is 10.2. The summed E-state index contributed by atoms with van der Waals surface area (Å²) < 4.78 is 27.5. The van der Waals surface area contributed by atoms with Crippen LogP contribution in [-0.2, 0) is 11.3 Å². The number of rotatable bonds is 3. The fraction of sp³-hybridized carbons (Fsp3) is 0.500. The van der Waals surface area contributed by atoms with Gasteiger partial charge in [0.15, 0.2) is 0 Å². The molecule has 0 aromatic heterocycles. The standard InChI is InChI=1S/C14H15F2NO2/c15-11-9-6-10(12(11)16)17(13(9)14(18)19)7-8-4-2-1-3-5-8/h1-5,9-13H,6-7H2,(H,18,19)/t9-,10-,11-,12+,13+/m1/s1. The topological polar surface area (TPSA) is 40.5 Å². The van der Waals surface area contributed by atoms with Gasteiger partial charge in [0.1, 0.15) is 18.4 Å². The van der Waals surface area contributed by atoms with Crippen molar-refractivity contribution in [1.82, 2.24) is 4.90 Å². The second kappa shape index (κ2) is 4.56. The van der Waals surface area contributed by atoms with E-state index in [-0.39, 0.29) is 0 Å². The van der Waals surface area contributed by atoms with Gasteiger partial charge in [-0.25, -0.2) is 8.78 Å². The molecule has 0 spiro atoms. The molecule has 3 rings (SSSR count). The van der Waals surface area contributed by atoms with E-state index >= 15 is 0 Å². The number of halogens is 2. The largest absolute Gasteiger partial charge is 0.480 e. The summed E-state index contributed by atoms with van der Waals surface area (Å²) in [6.07, 6.45) is -2.91. The zero-order chi connectivity index (χ0) is 13.6. The van der Waals surface area contributed by atoms with Crippen molar-refractivity contribution in [2.24, 2.45) is 5.92 Å². The Labute approximate surface area is 109 Å². The molecule has 5 heteroatoms. The highest BCUT2D eigenvalue weighted by molar-refractivity contribution is 5.75. The van der Waals surface area contributed by atoms with E-state index in [9.17, 15) is 18.7 Å². The molecule has 19 heavy (non-hydrogen) atoms. The lowest BCUT2D eigenvalue weighted by molar-refractivity contribution is -0.148. The number of alkyl halides is 2. The molecule has 1 aliphatic heterocycles. The Morgan fingerprint density at radius 3 is 2.58 bits per heavy atom. The van der Waals surface area contributed by atoms with Crippen LogP contribution in [0.2, 0.25) is 0 Å². The van der Waals surface area contributed by atoms with Gasteiger partial charge in [-0.2, -0.15) is 0 Å². The molecule has 0 radical (unpaired) electrons. The van der Waals surface area contributed by atoms with Gasteiger partial charge in [0.05, 0.1) is 0 Å². The number of hydrogen-bond donors (Lipinski definition) is 1. The van der Waals surface area contributed by atoms with Crippen LogP contribution in [0.1, 0.15) is 12.0 Å². The van der Waals surface area contributed by atoms with E-state index in [0.717, 1.165) is 5.56 Å². The molecule has 1 aliphatic carbocycles. The quantitative estimate of drug-likeness (QED) is 0.911. The number of aliphatic carboxylic acids is 1. The van der Waals surface area contributed by atoms with Crippen LogP contribution >= 0.6 is 0 Å². The summed E-state index contributed by atoms with van der Waals surface area (Å²) in [5, 5.41) is 9.26. The third kappa shape index (κ3) is 1.92. The minimum atomic E-state index is -1.64. The highest BCUT2D eigenvalue weighted by Crippen LogP contribution is 2.46. The smallest absolute Gasteiger partial charge is 0.321 e. The van der Waals surface area contributed by atoms with Crippen molar-refractivity contribution in [3.63, 3.8) is 0 Å². The molecule has 0 amide bonds. The molecule has 1 saturated carbocycles. The lowest BCUT2D eigenvalue weighted by Crippen LogP contribution is -2.53. The van der Waals surface area contributed by atoms with E-state index < -0.39 is 36.3 Å². The summed E-state index contributed by atoms with van der Waals surface area (Å²) in [7, 11) is 0. The van der Waals surface area contributed by atoms with E-state index in [0.29, 0.717) is 13.0 Å². The zero-order valence-corrected chi connectivity index (χ0v) is 10.2. The van der Waals surface area contributed by atoms with Gasteiger partial charge < -0.3 is 5.11 Å². The summed E-state index contributed by atoms with van der Waals surface area (Å²) in [6.45, 7) is 0.353. The van der Waals surface area contributed by atoms with E-state index in [1.54, 1.807) is 4.90 Å². The van der Waals surface area contributed by atoms with Crippen LogP contribution in [-0.4, -0.2) is 40.4 Å². The maximum atomic E-state index is 13.8. The lowest BCUT2D eigenvalue weighted by atomic mass is 9.96. The molecule has 1 aromatic rings. The van der Waals surface area contributed by atoms with Crippen molar-refractivity contribution < 1.29 is 18.7 Å². The fourth-order valence-corrected chi connectivity index (χ4v) is 3.40. The highest BCUT2D eigenvalue weighted by Gasteiger charge is 2.60. The predicted molar refractivity (Wildman–Crippen MR) is 65.1 cm³/mol. The minimum absolute atomic E-state index is 0.298. The van der Waals surface area contributed by atoms with Gasteiger partial charge in [0.25, 0.3) is 0 Å². The summed E-state index contributed by atoms with van der Waals surface area (Å²) in [5.41, 5.74) is 0.920. The van der Waals surface area contributed by atoms with Crippen LogP contribution in [0.4, 0.5) is 8.78 Å². The first-order chi connectivity index (χ1) is 9.09. The molecule has 1 aromatic carbocycles. The molecule has 2 aliphatic rings. The second-order valence-corrected chi connectivity index (χ2v) is 5.30. The van der Waals surface area contributed by atoms with Crippen molar-refractivity contribution in [3.8, 4) is 0 Å². The van der Waals surface area contributed by atoms with Crippen molar-refractivity contribution in [1.29, 1.82) is 0 Å². The maximum absolute atomic E-state index is 13.8. The number of likely N-dealkylation sites (tertiary alicyclic amines) is 1. The lowest BCUT2D eigenvalue weighted by Gasteiger charge is -2.36. The first-order valence-electron chi connectivity index (χ1n) is 6.40. The number of piperidine rings is 1. The first-order valence-corrected chi connectivity index (χ1v) is 6.40. The van der Waals surface area contributed by atoms with Crippen LogP contribution < -0.4 is 0 Å². The van der Waals surface area contributed by atoms with Crippen LogP contribution in [0.15, 0.2) is 30.3 Å². The van der Waals surface area contributed by atoms with Gasteiger partial charge in [0, 0.05) is 18.5 Å². The van der Waals surface area contributed by atoms with Gasteiger partial charge in [-0.3, -0.25) is 9.69 Å². The number of carboxylic acids is 1. The summed E-state index contributed by atoms with van der Waals surface area (Å²) in [4.78, 5) is 12.9. The predicted octanol–water partition coefficient (Wildman–Crippen LogP) is 2.02. The van der Waals surface area contributed by atoms with Crippen LogP contribution in [0.5, 0.6) is 0 Å². The van der Waals surface area contributed by atoms with E-state index in [1.807, 2.05) is 30.3 Å². The van der Waals surface area contributed by atoms with E-state index in [1.165, 1.54) is 0 Å². The Morgan fingerprint density at radius 1 is 1.26 bits per heavy atom. The van der Waals surface area contributed by atoms with Gasteiger partial charge in [0.2, 0.25) is 0 Å². The molecule has 1 N–H and O–H groups in total. The average Bonchev–Trinajstić information content (AvgIpc) is 2.89. The number of nitrogens with zero attached hydrogens (tertiary/aromatic N) is 1. The Kier molecular flexibility index (Phi) is 3.01. The van der Waals surface area contributed by atoms with Crippen molar-refractivity contribution in [3.05, 3.63) is 35.9 Å². The molecule has 2 fully saturated rings. The highest BCUT2D eigenvalue weighted by atomic mass is 19.2. The van der Waals surface area contributed by atoms with E-state index in [2.05, 4.69) is 0 Å². The third-order valence-corrected chi connectivity index (χ3v) is 4.24. The Balaban J connectivity index is 1.85. The Hall–Kier alpha value is -1.49. The summed E-state index contributed by atoms with van der Waals surface area (Å²) in [5.74, 6) is -1.78. The van der Waals surface area contributed by atoms with Crippen molar-refractivity contribution in [2.75, 3.05) is 0 Å². The van der Waals surface area contributed by atoms with Crippen molar-refractivity contribution in [2.45, 2.75) is 37.4 Å². The summed E-state index contributed by atoms with van der Waals surface area (Å²) in [6, 6.07) is 7.78. The molecule has 2 bridgehead atoms. The van der Waals surface area contributed by atoms with Gasteiger partial charge >= 0.3 is 5.97 Å². The van der Waals surface area contributed by atoms with E-state index in [4.69, 9.17) is 0 Å². The number of carboxylic acid groups (broad SMARTS) is 1. The fourth-order valence-electron chi connectivity index (χ4n) is 3.40. The molecular weight excluding hydrogens is 252 g/mol. The second-order valence-electron chi connectivity index (χ2n) is 5.30. The normalized spacial score (nSPS) is 37.7. The molecule has 3 nitrogen and oxygen atoms in total. The Bertz CT molecular complexity index is 482. The number of hydrogen-bond acceptors (Lipinski definition) is 2. The molecular formula is C14H15F2NO2. The third-order valence-electron chi connectivity index (χ3n) is 4.24. The average molecular weight is 267 g/mol. The number of fused-ring (bicyclic) bond motifs is 2. The summed E-state index contributed by atoms with van der Waals surface area (Å²) >= 11 is 0. The monoisotopic (exact) mass is 267 g/mol. The minimum Gasteiger partial charge on any atom is -0.480 e. The van der Waals surface area contributed by atoms with Crippen LogP contribution in [0, 0.1) is 5.92 Å². The van der Waals surface area contributed by atoms with Gasteiger partial charge in [-0.1, -0.05) is 30.3 Å². The van der Waals surface area contributed by atoms with Crippen LogP contribution in [0.3, 0.4) is 0 Å². The SMILES string of the molecule is O=C(O)[C@@H]1[C@@H]2C[C@H]([C@H](F)[C@@H]2F)N1Cc1ccccc1. The maximum Gasteiger partial charge on any atom is 0.321 e. The molecule has 5 atom stereocenters. The number of carbonyl (C=O) groups is 1. The number of benzene rings is 1. The van der Waals surface area contributed by atoms with Crippen molar-refractivity contribution >= 4 is 5.97 Å². The first kappa shape index (κ1) is 12.5. The molecule has 1 heterocycles. The van der Waals surface area contributed by atoms with Gasteiger partial charge in [-0.15, -0.1) is 0 Å². The molecule has 1 saturated heterocycles. The van der Waals surface area contributed by atoms with Crippen LogP contribution in [0.25, 0.3) is 0 Å².